The molecule has 0 N–H and O–H groups in total. The van der Waals surface area contributed by atoms with Gasteiger partial charge in [0.2, 0.25) is 17.7 Å². The van der Waals surface area contributed by atoms with Gasteiger partial charge in [-0.2, -0.15) is 0 Å². The summed E-state index contributed by atoms with van der Waals surface area (Å²) in [6.45, 7) is 6.87. The van der Waals surface area contributed by atoms with Gasteiger partial charge in [-0.1, -0.05) is 0 Å². The van der Waals surface area contributed by atoms with Crippen molar-refractivity contribution in [3.63, 3.8) is 0 Å². The van der Waals surface area contributed by atoms with Crippen molar-refractivity contribution in [3.8, 4) is 0 Å². The largest absolute Gasteiger partial charge is 0.339 e. The molecular formula is C15H28N4O3. The first kappa shape index (κ1) is 18.4. The molecular weight excluding hydrogens is 284 g/mol. The van der Waals surface area contributed by atoms with Gasteiger partial charge >= 0.3 is 0 Å². The van der Waals surface area contributed by atoms with Crippen molar-refractivity contribution in [1.82, 2.24) is 19.6 Å². The zero-order valence-electron chi connectivity index (χ0n) is 14.2. The molecule has 0 bridgehead atoms. The Bertz CT molecular complexity index is 404. The van der Waals surface area contributed by atoms with Crippen LogP contribution in [-0.4, -0.2) is 97.2 Å². The van der Waals surface area contributed by atoms with E-state index in [1.165, 1.54) is 6.92 Å². The van der Waals surface area contributed by atoms with Gasteiger partial charge in [-0.25, -0.2) is 0 Å². The maximum atomic E-state index is 12.3. The minimum atomic E-state index is -0.0746. The summed E-state index contributed by atoms with van der Waals surface area (Å²) in [5.74, 6) is -0.0705. The fraction of sp³-hybridized carbons (Fsp3) is 0.800. The lowest BCUT2D eigenvalue weighted by atomic mass is 10.3. The molecule has 7 nitrogen and oxygen atoms in total. The Morgan fingerprint density at radius 2 is 1.45 bits per heavy atom. The van der Waals surface area contributed by atoms with Gasteiger partial charge in [-0.05, 0) is 27.1 Å². The second kappa shape index (κ2) is 8.73. The van der Waals surface area contributed by atoms with E-state index in [9.17, 15) is 14.4 Å². The number of amides is 3. The Kier molecular flexibility index (Phi) is 7.31. The highest BCUT2D eigenvalue weighted by atomic mass is 16.2. The molecule has 1 aliphatic heterocycles. The number of piperazine rings is 1. The highest BCUT2D eigenvalue weighted by molar-refractivity contribution is 5.84. The lowest BCUT2D eigenvalue weighted by Crippen LogP contribution is -2.52. The molecule has 1 fully saturated rings. The van der Waals surface area contributed by atoms with Gasteiger partial charge in [0.25, 0.3) is 0 Å². The van der Waals surface area contributed by atoms with Crippen molar-refractivity contribution in [2.75, 3.05) is 59.9 Å². The van der Waals surface area contributed by atoms with Crippen LogP contribution in [0.4, 0.5) is 0 Å². The van der Waals surface area contributed by atoms with Crippen molar-refractivity contribution < 1.29 is 14.4 Å². The summed E-state index contributed by atoms with van der Waals surface area (Å²) >= 11 is 0. The second-order valence-electron chi connectivity index (χ2n) is 5.98. The monoisotopic (exact) mass is 312 g/mol. The normalized spacial score (nSPS) is 15.1. The van der Waals surface area contributed by atoms with Gasteiger partial charge in [0, 0.05) is 46.6 Å². The molecule has 0 atom stereocenters. The molecule has 1 aliphatic rings. The summed E-state index contributed by atoms with van der Waals surface area (Å²) in [6, 6.07) is 0. The average molecular weight is 312 g/mol. The van der Waals surface area contributed by atoms with E-state index in [0.717, 1.165) is 13.0 Å². The SMILES string of the molecule is CC(=O)N1CCN(C(=O)CN(CCCN(C)C)C(C)=O)CC1. The number of nitrogens with zero attached hydrogens (tertiary/aromatic N) is 4. The van der Waals surface area contributed by atoms with Gasteiger partial charge in [0.15, 0.2) is 0 Å². The van der Waals surface area contributed by atoms with E-state index in [-0.39, 0.29) is 24.3 Å². The van der Waals surface area contributed by atoms with E-state index < -0.39 is 0 Å². The molecule has 0 unspecified atom stereocenters. The van der Waals surface area contributed by atoms with Gasteiger partial charge in [-0.3, -0.25) is 14.4 Å². The first-order chi connectivity index (χ1) is 10.3. The van der Waals surface area contributed by atoms with Crippen LogP contribution < -0.4 is 0 Å². The molecule has 0 aromatic rings. The number of hydrogen-bond donors (Lipinski definition) is 0. The number of hydrogen-bond acceptors (Lipinski definition) is 4. The van der Waals surface area contributed by atoms with Crippen LogP contribution in [-0.2, 0) is 14.4 Å². The minimum absolute atomic E-state index is 0.0387. The molecule has 7 heteroatoms. The van der Waals surface area contributed by atoms with Crippen LogP contribution in [0, 0.1) is 0 Å². The van der Waals surface area contributed by atoms with Crippen molar-refractivity contribution in [3.05, 3.63) is 0 Å². The van der Waals surface area contributed by atoms with E-state index in [1.807, 2.05) is 14.1 Å². The number of carbonyl (C=O) groups excluding carboxylic acids is 3. The highest BCUT2D eigenvalue weighted by Crippen LogP contribution is 2.04. The smallest absolute Gasteiger partial charge is 0.242 e. The third-order valence-electron chi connectivity index (χ3n) is 3.88. The van der Waals surface area contributed by atoms with E-state index in [1.54, 1.807) is 21.6 Å². The van der Waals surface area contributed by atoms with Crippen LogP contribution in [0.2, 0.25) is 0 Å². The van der Waals surface area contributed by atoms with Gasteiger partial charge < -0.3 is 19.6 Å². The molecule has 1 saturated heterocycles. The van der Waals surface area contributed by atoms with E-state index >= 15 is 0 Å². The van der Waals surface area contributed by atoms with Crippen molar-refractivity contribution in [1.29, 1.82) is 0 Å². The zero-order valence-corrected chi connectivity index (χ0v) is 14.2. The molecule has 0 aliphatic carbocycles. The molecule has 0 saturated carbocycles. The third-order valence-corrected chi connectivity index (χ3v) is 3.88. The molecule has 0 radical (unpaired) electrons. The fourth-order valence-corrected chi connectivity index (χ4v) is 2.46. The molecule has 0 spiro atoms. The van der Waals surface area contributed by atoms with E-state index in [0.29, 0.717) is 32.7 Å². The lowest BCUT2D eigenvalue weighted by Gasteiger charge is -2.35. The summed E-state index contributed by atoms with van der Waals surface area (Å²) in [4.78, 5) is 42.4. The Balaban J connectivity index is 2.43. The lowest BCUT2D eigenvalue weighted by molar-refractivity contribution is -0.142. The van der Waals surface area contributed by atoms with Crippen LogP contribution in [0.25, 0.3) is 0 Å². The first-order valence-corrected chi connectivity index (χ1v) is 7.74. The predicted molar refractivity (Wildman–Crippen MR) is 84.3 cm³/mol. The number of rotatable bonds is 6. The van der Waals surface area contributed by atoms with Crippen LogP contribution >= 0.6 is 0 Å². The van der Waals surface area contributed by atoms with E-state index in [2.05, 4.69) is 4.90 Å². The standard InChI is InChI=1S/C15H28N4O3/c1-13(20)17-8-10-18(11-9-17)15(22)12-19(14(2)21)7-5-6-16(3)4/h5-12H2,1-4H3. The van der Waals surface area contributed by atoms with Crippen LogP contribution in [0.5, 0.6) is 0 Å². The summed E-state index contributed by atoms with van der Waals surface area (Å²) in [7, 11) is 3.97. The minimum Gasteiger partial charge on any atom is -0.339 e. The zero-order chi connectivity index (χ0) is 16.7. The quantitative estimate of drug-likeness (QED) is 0.662. The maximum absolute atomic E-state index is 12.3. The molecule has 0 aromatic carbocycles. The molecule has 126 valence electrons. The average Bonchev–Trinajstić information content (AvgIpc) is 2.45. The Morgan fingerprint density at radius 1 is 0.909 bits per heavy atom. The molecule has 0 aromatic heterocycles. The summed E-state index contributed by atoms with van der Waals surface area (Å²) in [5.41, 5.74) is 0. The van der Waals surface area contributed by atoms with E-state index in [4.69, 9.17) is 0 Å². The molecule has 3 amide bonds. The topological polar surface area (TPSA) is 64.2 Å². The van der Waals surface area contributed by atoms with Gasteiger partial charge in [-0.15, -0.1) is 0 Å². The summed E-state index contributed by atoms with van der Waals surface area (Å²) in [6.07, 6.45) is 0.845. The van der Waals surface area contributed by atoms with Crippen LogP contribution in [0.3, 0.4) is 0 Å². The Labute approximate surface area is 132 Å². The fourth-order valence-electron chi connectivity index (χ4n) is 2.46. The first-order valence-electron chi connectivity index (χ1n) is 7.74. The van der Waals surface area contributed by atoms with Gasteiger partial charge in [0.1, 0.15) is 0 Å². The maximum Gasteiger partial charge on any atom is 0.242 e. The second-order valence-corrected chi connectivity index (χ2v) is 5.98. The Morgan fingerprint density at radius 3 is 1.91 bits per heavy atom. The molecule has 22 heavy (non-hydrogen) atoms. The summed E-state index contributed by atoms with van der Waals surface area (Å²) in [5, 5.41) is 0. The van der Waals surface area contributed by atoms with Crippen molar-refractivity contribution in [2.45, 2.75) is 20.3 Å². The van der Waals surface area contributed by atoms with Crippen molar-refractivity contribution >= 4 is 17.7 Å². The van der Waals surface area contributed by atoms with Gasteiger partial charge in [0.05, 0.1) is 6.54 Å². The van der Waals surface area contributed by atoms with Crippen LogP contribution in [0.15, 0.2) is 0 Å². The third kappa shape index (κ3) is 6.01. The molecule has 1 heterocycles. The van der Waals surface area contributed by atoms with Crippen LogP contribution in [0.1, 0.15) is 20.3 Å². The van der Waals surface area contributed by atoms with Crippen molar-refractivity contribution in [2.24, 2.45) is 0 Å². The molecule has 1 rings (SSSR count). The Hall–Kier alpha value is -1.63. The highest BCUT2D eigenvalue weighted by Gasteiger charge is 2.24. The number of carbonyl (C=O) groups is 3. The predicted octanol–water partition coefficient (Wildman–Crippen LogP) is -0.523. The summed E-state index contributed by atoms with van der Waals surface area (Å²) < 4.78 is 0.